The number of methoxy groups -OCH3 is 2. The van der Waals surface area contributed by atoms with Crippen molar-refractivity contribution in [2.75, 3.05) is 18.9 Å². The number of benzene rings is 3. The van der Waals surface area contributed by atoms with Crippen LogP contribution in [-0.2, 0) is 16.6 Å². The molecular weight excluding hydrogens is 450 g/mol. The average Bonchev–Trinajstić information content (AvgIpc) is 2.82. The number of ether oxygens (including phenoxy) is 2. The highest BCUT2D eigenvalue weighted by atomic mass is 32.2. The number of hydrogen-bond acceptors (Lipinski definition) is 7. The summed E-state index contributed by atoms with van der Waals surface area (Å²) >= 11 is 0. The molecule has 0 aliphatic heterocycles. The van der Waals surface area contributed by atoms with Gasteiger partial charge in [-0.2, -0.15) is 0 Å². The average molecular weight is 471 g/mol. The maximum atomic E-state index is 12.8. The molecule has 0 saturated carbocycles. The molecule has 0 aliphatic rings. The normalized spacial score (nSPS) is 10.8. The highest BCUT2D eigenvalue weighted by Crippen LogP contribution is 2.30. The van der Waals surface area contributed by atoms with E-state index in [1.165, 1.54) is 43.5 Å². The number of hydrogen-bond donors (Lipinski definition) is 2. The Morgan fingerprint density at radius 2 is 1.73 bits per heavy atom. The van der Waals surface area contributed by atoms with Crippen LogP contribution in [0.3, 0.4) is 0 Å². The van der Waals surface area contributed by atoms with E-state index in [0.29, 0.717) is 5.75 Å². The predicted octanol–water partition coefficient (Wildman–Crippen LogP) is 3.34. The van der Waals surface area contributed by atoms with Gasteiger partial charge in [0.2, 0.25) is 0 Å². The topological polar surface area (TPSA) is 137 Å². The molecule has 33 heavy (non-hydrogen) atoms. The summed E-state index contributed by atoms with van der Waals surface area (Å²) in [5, 5.41) is 13.8. The first-order valence-corrected chi connectivity index (χ1v) is 11.1. The van der Waals surface area contributed by atoms with Crippen LogP contribution in [0.15, 0.2) is 71.6 Å². The molecule has 2 N–H and O–H groups in total. The Bertz CT molecular complexity index is 1280. The number of carbonyl (C=O) groups excluding carboxylic acids is 1. The summed E-state index contributed by atoms with van der Waals surface area (Å²) in [4.78, 5) is 22.7. The molecule has 0 fully saturated rings. The molecule has 11 heteroatoms. The van der Waals surface area contributed by atoms with Crippen LogP contribution in [0, 0.1) is 10.1 Å². The summed E-state index contributed by atoms with van der Waals surface area (Å²) in [7, 11) is -1.22. The Hall–Kier alpha value is -4.12. The number of nitro groups is 1. The van der Waals surface area contributed by atoms with Gasteiger partial charge in [-0.05, 0) is 48.0 Å². The van der Waals surface area contributed by atoms with Gasteiger partial charge >= 0.3 is 0 Å². The van der Waals surface area contributed by atoms with E-state index in [9.17, 15) is 23.3 Å². The minimum atomic E-state index is -4.09. The minimum Gasteiger partial charge on any atom is -0.497 e. The third-order valence-electron chi connectivity index (χ3n) is 4.65. The largest absolute Gasteiger partial charge is 0.497 e. The molecule has 0 spiro atoms. The first-order valence-electron chi connectivity index (χ1n) is 9.60. The zero-order valence-electron chi connectivity index (χ0n) is 17.8. The van der Waals surface area contributed by atoms with Crippen LogP contribution >= 0.6 is 0 Å². The monoisotopic (exact) mass is 471 g/mol. The maximum absolute atomic E-state index is 12.8. The van der Waals surface area contributed by atoms with E-state index in [1.54, 1.807) is 19.2 Å². The molecule has 0 heterocycles. The van der Waals surface area contributed by atoms with Gasteiger partial charge in [0, 0.05) is 24.2 Å². The fourth-order valence-corrected chi connectivity index (χ4v) is 4.01. The molecule has 0 radical (unpaired) electrons. The maximum Gasteiger partial charge on any atom is 0.271 e. The van der Waals surface area contributed by atoms with Crippen molar-refractivity contribution in [3.63, 3.8) is 0 Å². The molecule has 0 unspecified atom stereocenters. The van der Waals surface area contributed by atoms with Gasteiger partial charge in [-0.1, -0.05) is 12.1 Å². The second-order valence-electron chi connectivity index (χ2n) is 6.81. The van der Waals surface area contributed by atoms with Gasteiger partial charge in [-0.15, -0.1) is 0 Å². The lowest BCUT2D eigenvalue weighted by Gasteiger charge is -2.12. The van der Waals surface area contributed by atoms with Crippen molar-refractivity contribution in [3.05, 3.63) is 88.0 Å². The van der Waals surface area contributed by atoms with Crippen LogP contribution in [-0.4, -0.2) is 33.5 Å². The molecule has 0 aromatic heterocycles. The zero-order chi connectivity index (χ0) is 24.0. The van der Waals surface area contributed by atoms with Crippen LogP contribution in [0.5, 0.6) is 11.5 Å². The third kappa shape index (κ3) is 5.77. The summed E-state index contributed by atoms with van der Waals surface area (Å²) in [6, 6.07) is 16.1. The van der Waals surface area contributed by atoms with Crippen LogP contribution in [0.25, 0.3) is 0 Å². The Labute approximate surface area is 190 Å². The van der Waals surface area contributed by atoms with Crippen LogP contribution in [0.2, 0.25) is 0 Å². The van der Waals surface area contributed by atoms with E-state index in [4.69, 9.17) is 9.47 Å². The fraction of sp³-hybridized carbons (Fsp3) is 0.136. The van der Waals surface area contributed by atoms with E-state index < -0.39 is 14.9 Å². The smallest absolute Gasteiger partial charge is 0.271 e. The summed E-state index contributed by atoms with van der Waals surface area (Å²) < 4.78 is 38.0. The standard InChI is InChI=1S/C22H21N3O7S/c1-31-18-5-3-4-15(12-18)14-23-22(26)16-6-9-19(10-7-16)33(29,30)24-20-13-17(25(27)28)8-11-21(20)32-2/h3-13,24H,14H2,1-2H3,(H,23,26). The molecule has 0 aliphatic carbocycles. The highest BCUT2D eigenvalue weighted by molar-refractivity contribution is 7.92. The number of nitro benzene ring substituents is 1. The van der Waals surface area contributed by atoms with Gasteiger partial charge in [0.05, 0.1) is 29.7 Å². The van der Waals surface area contributed by atoms with Crippen molar-refractivity contribution in [2.24, 2.45) is 0 Å². The summed E-state index contributed by atoms with van der Waals surface area (Å²) in [5.41, 5.74) is 0.741. The van der Waals surface area contributed by atoms with Crippen LogP contribution in [0.1, 0.15) is 15.9 Å². The van der Waals surface area contributed by atoms with Gasteiger partial charge in [0.25, 0.3) is 21.6 Å². The lowest BCUT2D eigenvalue weighted by Crippen LogP contribution is -2.23. The number of sulfonamides is 1. The Morgan fingerprint density at radius 1 is 1.00 bits per heavy atom. The summed E-state index contributed by atoms with van der Waals surface area (Å²) in [6.07, 6.45) is 0. The predicted molar refractivity (Wildman–Crippen MR) is 121 cm³/mol. The van der Waals surface area contributed by atoms with E-state index in [0.717, 1.165) is 11.6 Å². The second-order valence-corrected chi connectivity index (χ2v) is 8.49. The zero-order valence-corrected chi connectivity index (χ0v) is 18.6. The number of non-ortho nitro benzene ring substituents is 1. The van der Waals surface area contributed by atoms with Crippen molar-refractivity contribution < 1.29 is 27.6 Å². The highest BCUT2D eigenvalue weighted by Gasteiger charge is 2.20. The van der Waals surface area contributed by atoms with Crippen LogP contribution < -0.4 is 19.5 Å². The van der Waals surface area contributed by atoms with E-state index in [1.807, 2.05) is 12.1 Å². The van der Waals surface area contributed by atoms with Crippen LogP contribution in [0.4, 0.5) is 11.4 Å². The van der Waals surface area contributed by atoms with E-state index in [-0.39, 0.29) is 40.0 Å². The van der Waals surface area contributed by atoms with Gasteiger partial charge in [-0.25, -0.2) is 8.42 Å². The van der Waals surface area contributed by atoms with E-state index in [2.05, 4.69) is 10.0 Å². The number of anilines is 1. The van der Waals surface area contributed by atoms with Crippen molar-refractivity contribution >= 4 is 27.3 Å². The first kappa shape index (κ1) is 23.5. The summed E-state index contributed by atoms with van der Waals surface area (Å²) in [5.74, 6) is 0.414. The van der Waals surface area contributed by atoms with Crippen molar-refractivity contribution in [2.45, 2.75) is 11.4 Å². The lowest BCUT2D eigenvalue weighted by molar-refractivity contribution is -0.384. The molecule has 3 rings (SSSR count). The van der Waals surface area contributed by atoms with Gasteiger partial charge < -0.3 is 14.8 Å². The fourth-order valence-electron chi connectivity index (χ4n) is 2.95. The number of amides is 1. The van der Waals surface area contributed by atoms with Crippen molar-refractivity contribution in [1.82, 2.24) is 5.32 Å². The Morgan fingerprint density at radius 3 is 2.36 bits per heavy atom. The second kappa shape index (κ2) is 10.0. The minimum absolute atomic E-state index is 0.0770. The molecule has 10 nitrogen and oxygen atoms in total. The SMILES string of the molecule is COc1cccc(CNC(=O)c2ccc(S(=O)(=O)Nc3cc([N+](=O)[O-])ccc3OC)cc2)c1. The number of rotatable bonds is 9. The molecule has 0 saturated heterocycles. The molecule has 1 amide bonds. The third-order valence-corrected chi connectivity index (χ3v) is 6.03. The quantitative estimate of drug-likeness (QED) is 0.361. The van der Waals surface area contributed by atoms with Gasteiger partial charge in [0.15, 0.2) is 0 Å². The van der Waals surface area contributed by atoms with E-state index >= 15 is 0 Å². The molecule has 0 atom stereocenters. The van der Waals surface area contributed by atoms with Gasteiger partial charge in [0.1, 0.15) is 11.5 Å². The molecule has 3 aromatic rings. The molecule has 0 bridgehead atoms. The lowest BCUT2D eigenvalue weighted by atomic mass is 10.2. The molecular formula is C22H21N3O7S. The number of nitrogens with one attached hydrogen (secondary N) is 2. The summed E-state index contributed by atoms with van der Waals surface area (Å²) in [6.45, 7) is 0.268. The van der Waals surface area contributed by atoms with Gasteiger partial charge in [-0.3, -0.25) is 19.6 Å². The number of carbonyl (C=O) groups is 1. The Kier molecular flexibility index (Phi) is 7.13. The molecule has 172 valence electrons. The van der Waals surface area contributed by atoms with Crippen molar-refractivity contribution in [1.29, 1.82) is 0 Å². The molecule has 3 aromatic carbocycles. The number of nitrogens with zero attached hydrogens (tertiary/aromatic N) is 1. The Balaban J connectivity index is 1.72. The first-order chi connectivity index (χ1) is 15.7. The van der Waals surface area contributed by atoms with Crippen molar-refractivity contribution in [3.8, 4) is 11.5 Å².